The van der Waals surface area contributed by atoms with Gasteiger partial charge in [-0.2, -0.15) is 0 Å². The Balaban J connectivity index is 1.71. The summed E-state index contributed by atoms with van der Waals surface area (Å²) >= 11 is 0. The largest absolute Gasteiger partial charge is 0.495 e. The lowest BCUT2D eigenvalue weighted by Crippen LogP contribution is -2.26. The molecule has 0 amide bonds. The minimum atomic E-state index is -3.83. The minimum Gasteiger partial charge on any atom is -0.495 e. The Hall–Kier alpha value is -2.71. The number of aryl methyl sites for hydroxylation is 1. The van der Waals surface area contributed by atoms with Crippen molar-refractivity contribution in [1.82, 2.24) is 4.72 Å². The summed E-state index contributed by atoms with van der Waals surface area (Å²) in [6, 6.07) is 11.0. The summed E-state index contributed by atoms with van der Waals surface area (Å²) in [6.45, 7) is 1.58. The van der Waals surface area contributed by atoms with Gasteiger partial charge < -0.3 is 9.47 Å². The van der Waals surface area contributed by atoms with E-state index in [1.807, 2.05) is 19.1 Å². The Morgan fingerprint density at radius 3 is 2.31 bits per heavy atom. The molecule has 0 atom stereocenters. The van der Waals surface area contributed by atoms with Gasteiger partial charge in [0.25, 0.3) is 0 Å². The van der Waals surface area contributed by atoms with Crippen LogP contribution in [0.4, 0.5) is 0 Å². The number of carbonyl (C=O) groups excluding carboxylic acids is 2. The predicted molar refractivity (Wildman–Crippen MR) is 107 cm³/mol. The van der Waals surface area contributed by atoms with Crippen molar-refractivity contribution in [3.8, 4) is 5.75 Å². The summed E-state index contributed by atoms with van der Waals surface area (Å²) in [4.78, 5) is 24.5. The fraction of sp³-hybridized carbons (Fsp3) is 0.333. The zero-order chi connectivity index (χ0) is 21.0. The van der Waals surface area contributed by atoms with E-state index in [-0.39, 0.29) is 28.0 Å². The summed E-state index contributed by atoms with van der Waals surface area (Å²) in [5.41, 5.74) is 1.57. The van der Waals surface area contributed by atoms with E-state index < -0.39 is 22.6 Å². The molecule has 1 aliphatic carbocycles. The molecule has 0 unspecified atom stereocenters. The standard InChI is InChI=1S/C21H23NO6S/c1-3-14-4-6-15(7-5-14)18(23)13-28-21(24)16-8-11-19(27-2)20(12-16)29(25,26)22-17-9-10-17/h4-8,11-12,17,22H,3,9-10,13H2,1-2H3. The molecule has 3 rings (SSSR count). The first-order valence-corrected chi connectivity index (χ1v) is 10.8. The van der Waals surface area contributed by atoms with E-state index in [1.165, 1.54) is 25.3 Å². The van der Waals surface area contributed by atoms with Gasteiger partial charge in [-0.15, -0.1) is 0 Å². The van der Waals surface area contributed by atoms with E-state index >= 15 is 0 Å². The van der Waals surface area contributed by atoms with Crippen LogP contribution in [-0.2, 0) is 21.2 Å². The van der Waals surface area contributed by atoms with E-state index in [0.29, 0.717) is 5.56 Å². The smallest absolute Gasteiger partial charge is 0.338 e. The number of Topliss-reactive ketones (excluding diaryl/α,β-unsaturated/α-hetero) is 1. The van der Waals surface area contributed by atoms with Crippen LogP contribution >= 0.6 is 0 Å². The molecule has 154 valence electrons. The molecule has 8 heteroatoms. The molecule has 0 aromatic heterocycles. The van der Waals surface area contributed by atoms with Crippen molar-refractivity contribution in [2.45, 2.75) is 37.1 Å². The SMILES string of the molecule is CCc1ccc(C(=O)COC(=O)c2ccc(OC)c(S(=O)(=O)NC3CC3)c2)cc1. The van der Waals surface area contributed by atoms with Gasteiger partial charge in [-0.05, 0) is 43.0 Å². The van der Waals surface area contributed by atoms with Crippen LogP contribution in [0.3, 0.4) is 0 Å². The molecule has 0 aliphatic heterocycles. The van der Waals surface area contributed by atoms with Crippen molar-refractivity contribution in [3.05, 3.63) is 59.2 Å². The monoisotopic (exact) mass is 417 g/mol. The molecule has 0 bridgehead atoms. The third-order valence-electron chi connectivity index (χ3n) is 4.61. The van der Waals surface area contributed by atoms with Crippen molar-refractivity contribution >= 4 is 21.8 Å². The second kappa shape index (κ2) is 8.75. The van der Waals surface area contributed by atoms with Crippen molar-refractivity contribution in [2.24, 2.45) is 0 Å². The van der Waals surface area contributed by atoms with Gasteiger partial charge in [0.15, 0.2) is 12.4 Å². The molecule has 7 nitrogen and oxygen atoms in total. The Labute approximate surface area is 170 Å². The summed E-state index contributed by atoms with van der Waals surface area (Å²) in [6.07, 6.45) is 2.43. The van der Waals surface area contributed by atoms with Gasteiger partial charge in [0.2, 0.25) is 10.0 Å². The lowest BCUT2D eigenvalue weighted by molar-refractivity contribution is 0.0474. The number of benzene rings is 2. The van der Waals surface area contributed by atoms with Crippen LogP contribution in [0.25, 0.3) is 0 Å². The second-order valence-electron chi connectivity index (χ2n) is 6.81. The van der Waals surface area contributed by atoms with E-state index in [1.54, 1.807) is 12.1 Å². The maximum absolute atomic E-state index is 12.5. The number of carbonyl (C=O) groups is 2. The normalized spacial score (nSPS) is 13.7. The third-order valence-corrected chi connectivity index (χ3v) is 6.15. The molecule has 2 aromatic rings. The molecule has 0 saturated heterocycles. The van der Waals surface area contributed by atoms with Gasteiger partial charge in [0.1, 0.15) is 10.6 Å². The highest BCUT2D eigenvalue weighted by Crippen LogP contribution is 2.28. The molecule has 1 fully saturated rings. The first kappa shape index (κ1) is 21.0. The Kier molecular flexibility index (Phi) is 6.34. The minimum absolute atomic E-state index is 0.0242. The number of nitrogens with one attached hydrogen (secondary N) is 1. The Morgan fingerprint density at radius 2 is 1.72 bits per heavy atom. The van der Waals surface area contributed by atoms with Crippen LogP contribution in [0.15, 0.2) is 47.4 Å². The zero-order valence-electron chi connectivity index (χ0n) is 16.3. The van der Waals surface area contributed by atoms with Gasteiger partial charge in [-0.3, -0.25) is 4.79 Å². The van der Waals surface area contributed by atoms with Gasteiger partial charge in [-0.25, -0.2) is 17.9 Å². The highest BCUT2D eigenvalue weighted by Gasteiger charge is 2.30. The van der Waals surface area contributed by atoms with Crippen LogP contribution in [0.2, 0.25) is 0 Å². The lowest BCUT2D eigenvalue weighted by atomic mass is 10.1. The number of ether oxygens (including phenoxy) is 2. The first-order valence-electron chi connectivity index (χ1n) is 9.33. The van der Waals surface area contributed by atoms with Gasteiger partial charge >= 0.3 is 5.97 Å². The van der Waals surface area contributed by atoms with E-state index in [4.69, 9.17) is 9.47 Å². The second-order valence-corrected chi connectivity index (χ2v) is 8.49. The van der Waals surface area contributed by atoms with Crippen LogP contribution in [0.1, 0.15) is 46.0 Å². The van der Waals surface area contributed by atoms with Crippen molar-refractivity contribution in [1.29, 1.82) is 0 Å². The molecule has 0 heterocycles. The number of sulfonamides is 1. The predicted octanol–water partition coefficient (Wildman–Crippen LogP) is 2.74. The number of methoxy groups -OCH3 is 1. The average Bonchev–Trinajstić information content (AvgIpc) is 3.54. The third kappa shape index (κ3) is 5.21. The van der Waals surface area contributed by atoms with Crippen LogP contribution in [-0.4, -0.2) is 39.9 Å². The molecule has 0 radical (unpaired) electrons. The van der Waals surface area contributed by atoms with Gasteiger partial charge in [0, 0.05) is 11.6 Å². The van der Waals surface area contributed by atoms with Crippen LogP contribution in [0.5, 0.6) is 5.75 Å². The summed E-state index contributed by atoms with van der Waals surface area (Å²) in [5.74, 6) is -0.992. The topological polar surface area (TPSA) is 98.8 Å². The van der Waals surface area contributed by atoms with Crippen molar-refractivity contribution in [2.75, 3.05) is 13.7 Å². The van der Waals surface area contributed by atoms with Crippen molar-refractivity contribution < 1.29 is 27.5 Å². The summed E-state index contributed by atoms with van der Waals surface area (Å²) in [5, 5.41) is 0. The number of esters is 1. The summed E-state index contributed by atoms with van der Waals surface area (Å²) < 4.78 is 37.8. The van der Waals surface area contributed by atoms with Crippen molar-refractivity contribution in [3.63, 3.8) is 0 Å². The average molecular weight is 417 g/mol. The van der Waals surface area contributed by atoms with Gasteiger partial charge in [-0.1, -0.05) is 31.2 Å². The van der Waals surface area contributed by atoms with E-state index in [2.05, 4.69) is 4.72 Å². The molecule has 1 aliphatic rings. The first-order chi connectivity index (χ1) is 13.8. The number of ketones is 1. The fourth-order valence-electron chi connectivity index (χ4n) is 2.72. The maximum Gasteiger partial charge on any atom is 0.338 e. The highest BCUT2D eigenvalue weighted by molar-refractivity contribution is 7.89. The number of hydrogen-bond donors (Lipinski definition) is 1. The number of rotatable bonds is 9. The zero-order valence-corrected chi connectivity index (χ0v) is 17.1. The molecule has 2 aromatic carbocycles. The van der Waals surface area contributed by atoms with Gasteiger partial charge in [0.05, 0.1) is 12.7 Å². The lowest BCUT2D eigenvalue weighted by Gasteiger charge is -2.12. The van der Waals surface area contributed by atoms with E-state index in [9.17, 15) is 18.0 Å². The van der Waals surface area contributed by atoms with Crippen LogP contribution in [0, 0.1) is 0 Å². The molecular formula is C21H23NO6S. The number of hydrogen-bond acceptors (Lipinski definition) is 6. The molecule has 0 spiro atoms. The Bertz CT molecular complexity index is 1010. The molecule has 1 N–H and O–H groups in total. The highest BCUT2D eigenvalue weighted by atomic mass is 32.2. The van der Waals surface area contributed by atoms with Crippen LogP contribution < -0.4 is 9.46 Å². The molecule has 29 heavy (non-hydrogen) atoms. The Morgan fingerprint density at radius 1 is 1.07 bits per heavy atom. The van der Waals surface area contributed by atoms with E-state index in [0.717, 1.165) is 24.8 Å². The molecule has 1 saturated carbocycles. The molecular weight excluding hydrogens is 394 g/mol. The quantitative estimate of drug-likeness (QED) is 0.498. The fourth-order valence-corrected chi connectivity index (χ4v) is 4.22. The maximum atomic E-state index is 12.5. The summed E-state index contributed by atoms with van der Waals surface area (Å²) in [7, 11) is -2.47.